The number of rotatable bonds is 6. The van der Waals surface area contributed by atoms with Crippen LogP contribution in [0.1, 0.15) is 26.7 Å². The molecule has 3 nitrogen and oxygen atoms in total. The number of nitrogens with zero attached hydrogens (tertiary/aromatic N) is 1. The van der Waals surface area contributed by atoms with Crippen LogP contribution in [-0.2, 0) is 4.79 Å². The van der Waals surface area contributed by atoms with Crippen LogP contribution >= 0.6 is 0 Å². The molecule has 12 heavy (non-hydrogen) atoms. The first-order valence-electron chi connectivity index (χ1n) is 4.49. The van der Waals surface area contributed by atoms with Gasteiger partial charge in [-0.05, 0) is 25.9 Å². The summed E-state index contributed by atoms with van der Waals surface area (Å²) in [6, 6.07) is 0. The molecule has 0 unspecified atom stereocenters. The molecule has 0 spiro atoms. The van der Waals surface area contributed by atoms with Crippen molar-refractivity contribution in [3.05, 3.63) is 0 Å². The van der Waals surface area contributed by atoms with Crippen molar-refractivity contribution >= 4 is 5.91 Å². The van der Waals surface area contributed by atoms with Crippen LogP contribution < -0.4 is 5.73 Å². The molecule has 0 aromatic rings. The van der Waals surface area contributed by atoms with Gasteiger partial charge in [-0.15, -0.1) is 0 Å². The van der Waals surface area contributed by atoms with E-state index in [-0.39, 0.29) is 5.91 Å². The molecule has 2 N–H and O–H groups in total. The van der Waals surface area contributed by atoms with E-state index in [0.29, 0.717) is 6.42 Å². The van der Waals surface area contributed by atoms with Crippen LogP contribution in [0.2, 0.25) is 0 Å². The summed E-state index contributed by atoms with van der Waals surface area (Å²) in [7, 11) is 2.02. The predicted molar refractivity (Wildman–Crippen MR) is 50.8 cm³/mol. The third-order valence-electron chi connectivity index (χ3n) is 1.83. The molecule has 0 bridgehead atoms. The summed E-state index contributed by atoms with van der Waals surface area (Å²) >= 11 is 0. The van der Waals surface area contributed by atoms with E-state index >= 15 is 0 Å². The molecule has 0 atom stereocenters. The van der Waals surface area contributed by atoms with Crippen LogP contribution in [0.25, 0.3) is 0 Å². The first-order valence-corrected chi connectivity index (χ1v) is 4.49. The summed E-state index contributed by atoms with van der Waals surface area (Å²) in [5, 5.41) is 0. The van der Waals surface area contributed by atoms with Gasteiger partial charge in [-0.25, -0.2) is 0 Å². The van der Waals surface area contributed by atoms with E-state index in [9.17, 15) is 4.79 Å². The van der Waals surface area contributed by atoms with Gasteiger partial charge in [0.2, 0.25) is 5.91 Å². The van der Waals surface area contributed by atoms with Gasteiger partial charge in [0.1, 0.15) is 0 Å². The molecule has 0 aliphatic heterocycles. The lowest BCUT2D eigenvalue weighted by Crippen LogP contribution is -2.26. The lowest BCUT2D eigenvalue weighted by Gasteiger charge is -2.16. The van der Waals surface area contributed by atoms with Crippen molar-refractivity contribution in [3.63, 3.8) is 0 Å². The number of primary amides is 1. The summed E-state index contributed by atoms with van der Waals surface area (Å²) in [6.45, 7) is 6.22. The summed E-state index contributed by atoms with van der Waals surface area (Å²) in [5.41, 5.74) is 5.03. The van der Waals surface area contributed by atoms with Crippen LogP contribution in [0.15, 0.2) is 0 Å². The van der Waals surface area contributed by atoms with Crippen molar-refractivity contribution in [1.82, 2.24) is 4.90 Å². The molecule has 0 aromatic carbocycles. The van der Waals surface area contributed by atoms with E-state index in [1.807, 2.05) is 7.05 Å². The van der Waals surface area contributed by atoms with Gasteiger partial charge in [0.05, 0.1) is 0 Å². The summed E-state index contributed by atoms with van der Waals surface area (Å²) in [5.74, 6) is 0.507. The van der Waals surface area contributed by atoms with E-state index in [0.717, 1.165) is 19.0 Å². The van der Waals surface area contributed by atoms with Crippen molar-refractivity contribution in [2.75, 3.05) is 20.1 Å². The number of hydrogen-bond donors (Lipinski definition) is 1. The Bertz CT molecular complexity index is 134. The zero-order chi connectivity index (χ0) is 9.56. The molecule has 72 valence electrons. The number of carbonyl (C=O) groups is 1. The van der Waals surface area contributed by atoms with Gasteiger partial charge < -0.3 is 10.6 Å². The molecule has 0 radical (unpaired) electrons. The Hall–Kier alpha value is -0.570. The molecule has 0 saturated carbocycles. The molecule has 0 aliphatic carbocycles. The normalized spacial score (nSPS) is 11.1. The number of carbonyl (C=O) groups excluding carboxylic acids is 1. The average Bonchev–Trinajstić information content (AvgIpc) is 1.96. The lowest BCUT2D eigenvalue weighted by molar-refractivity contribution is -0.118. The molecule has 0 fully saturated rings. The van der Waals surface area contributed by atoms with Gasteiger partial charge >= 0.3 is 0 Å². The summed E-state index contributed by atoms with van der Waals surface area (Å²) in [6.07, 6.45) is 1.64. The zero-order valence-electron chi connectivity index (χ0n) is 8.34. The Kier molecular flexibility index (Phi) is 5.72. The molecule has 0 rings (SSSR count). The average molecular weight is 172 g/mol. The minimum atomic E-state index is -0.216. The van der Waals surface area contributed by atoms with Gasteiger partial charge in [0.15, 0.2) is 0 Å². The largest absolute Gasteiger partial charge is 0.370 e. The fraction of sp³-hybridized carbons (Fsp3) is 0.889. The predicted octanol–water partition coefficient (Wildman–Crippen LogP) is 0.840. The lowest BCUT2D eigenvalue weighted by atomic mass is 10.1. The van der Waals surface area contributed by atoms with E-state index in [1.165, 1.54) is 6.42 Å². The Morgan fingerprint density at radius 3 is 2.42 bits per heavy atom. The summed E-state index contributed by atoms with van der Waals surface area (Å²) < 4.78 is 0. The van der Waals surface area contributed by atoms with Gasteiger partial charge in [-0.3, -0.25) is 4.79 Å². The maximum Gasteiger partial charge on any atom is 0.218 e. The van der Waals surface area contributed by atoms with Gasteiger partial charge in [-0.1, -0.05) is 13.8 Å². The fourth-order valence-corrected chi connectivity index (χ4v) is 0.891. The van der Waals surface area contributed by atoms with Crippen LogP contribution in [-0.4, -0.2) is 30.9 Å². The minimum Gasteiger partial charge on any atom is -0.370 e. The second-order valence-corrected chi connectivity index (χ2v) is 3.70. The van der Waals surface area contributed by atoms with Crippen molar-refractivity contribution < 1.29 is 4.79 Å². The van der Waals surface area contributed by atoms with Crippen LogP contribution in [0, 0.1) is 5.92 Å². The SMILES string of the molecule is CC(C)CCN(C)CCC(N)=O. The summed E-state index contributed by atoms with van der Waals surface area (Å²) in [4.78, 5) is 12.6. The van der Waals surface area contributed by atoms with E-state index in [1.54, 1.807) is 0 Å². The highest BCUT2D eigenvalue weighted by Crippen LogP contribution is 2.00. The molecular weight excluding hydrogens is 152 g/mol. The second kappa shape index (κ2) is 6.00. The monoisotopic (exact) mass is 172 g/mol. The number of hydrogen-bond acceptors (Lipinski definition) is 2. The van der Waals surface area contributed by atoms with Gasteiger partial charge in [0.25, 0.3) is 0 Å². The van der Waals surface area contributed by atoms with Crippen LogP contribution in [0.3, 0.4) is 0 Å². The molecule has 0 aliphatic rings. The Morgan fingerprint density at radius 1 is 1.42 bits per heavy atom. The quantitative estimate of drug-likeness (QED) is 0.645. The van der Waals surface area contributed by atoms with E-state index in [4.69, 9.17) is 5.73 Å². The smallest absolute Gasteiger partial charge is 0.218 e. The second-order valence-electron chi connectivity index (χ2n) is 3.70. The minimum absolute atomic E-state index is 0.216. The Balaban J connectivity index is 3.33. The zero-order valence-corrected chi connectivity index (χ0v) is 8.34. The third kappa shape index (κ3) is 7.54. The van der Waals surface area contributed by atoms with Crippen molar-refractivity contribution in [2.45, 2.75) is 26.7 Å². The number of nitrogens with two attached hydrogens (primary N) is 1. The van der Waals surface area contributed by atoms with Crippen molar-refractivity contribution in [2.24, 2.45) is 11.7 Å². The maximum atomic E-state index is 10.4. The van der Waals surface area contributed by atoms with Crippen LogP contribution in [0.5, 0.6) is 0 Å². The molecule has 0 saturated heterocycles. The highest BCUT2D eigenvalue weighted by molar-refractivity contribution is 5.73. The first-order chi connectivity index (χ1) is 5.52. The molecular formula is C9H20N2O. The van der Waals surface area contributed by atoms with Gasteiger partial charge in [-0.2, -0.15) is 0 Å². The highest BCUT2D eigenvalue weighted by Gasteiger charge is 2.01. The Labute approximate surface area is 74.9 Å². The highest BCUT2D eigenvalue weighted by atomic mass is 16.1. The van der Waals surface area contributed by atoms with E-state index < -0.39 is 0 Å². The Morgan fingerprint density at radius 2 is 2.00 bits per heavy atom. The molecule has 0 aromatic heterocycles. The molecule has 0 heterocycles. The standard InChI is InChI=1S/C9H20N2O/c1-8(2)4-6-11(3)7-5-9(10)12/h8H,4-7H2,1-3H3,(H2,10,12). The fourth-order valence-electron chi connectivity index (χ4n) is 0.891. The van der Waals surface area contributed by atoms with E-state index in [2.05, 4.69) is 18.7 Å². The first kappa shape index (κ1) is 11.4. The van der Waals surface area contributed by atoms with Crippen molar-refractivity contribution in [3.8, 4) is 0 Å². The van der Waals surface area contributed by atoms with Crippen LogP contribution in [0.4, 0.5) is 0 Å². The topological polar surface area (TPSA) is 46.3 Å². The van der Waals surface area contributed by atoms with Gasteiger partial charge in [0, 0.05) is 13.0 Å². The number of amides is 1. The van der Waals surface area contributed by atoms with Crippen molar-refractivity contribution in [1.29, 1.82) is 0 Å². The third-order valence-corrected chi connectivity index (χ3v) is 1.83. The molecule has 1 amide bonds. The maximum absolute atomic E-state index is 10.4. The molecule has 3 heteroatoms.